The molecule has 0 saturated heterocycles. The Morgan fingerprint density at radius 3 is 2.41 bits per heavy atom. The molecular weight excluding hydrogens is 270 g/mol. The number of nitrogens with one attached hydrogen (secondary N) is 1. The van der Waals surface area contributed by atoms with Crippen LogP contribution in [-0.4, -0.2) is 18.1 Å². The fourth-order valence-corrected chi connectivity index (χ4v) is 2.70. The highest BCUT2D eigenvalue weighted by Gasteiger charge is 2.08. The van der Waals surface area contributed by atoms with Crippen LogP contribution < -0.4 is 10.2 Å². The highest BCUT2D eigenvalue weighted by atomic mass is 15.2. The number of nitrogens with zero attached hydrogens (tertiary/aromatic N) is 2. The summed E-state index contributed by atoms with van der Waals surface area (Å²) in [5.41, 5.74) is 2.19. The summed E-state index contributed by atoms with van der Waals surface area (Å²) in [4.78, 5) is 6.85. The van der Waals surface area contributed by atoms with Crippen molar-refractivity contribution in [3.63, 3.8) is 0 Å². The van der Waals surface area contributed by atoms with E-state index in [4.69, 9.17) is 0 Å². The summed E-state index contributed by atoms with van der Waals surface area (Å²) in [7, 11) is 0. The number of anilines is 3. The van der Waals surface area contributed by atoms with Crippen LogP contribution in [0.1, 0.15) is 13.8 Å². The Labute approximate surface area is 131 Å². The Morgan fingerprint density at radius 1 is 0.909 bits per heavy atom. The Kier molecular flexibility index (Phi) is 4.24. The van der Waals surface area contributed by atoms with Gasteiger partial charge in [0.1, 0.15) is 5.82 Å². The number of hydrogen-bond donors (Lipinski definition) is 1. The van der Waals surface area contributed by atoms with Crippen molar-refractivity contribution < 1.29 is 0 Å². The Hall–Kier alpha value is -2.55. The zero-order valence-corrected chi connectivity index (χ0v) is 13.1. The number of pyridine rings is 1. The van der Waals surface area contributed by atoms with Crippen LogP contribution in [0.25, 0.3) is 10.8 Å². The smallest absolute Gasteiger partial charge is 0.136 e. The second-order valence-corrected chi connectivity index (χ2v) is 5.23. The minimum atomic E-state index is 0.965. The minimum absolute atomic E-state index is 0.965. The molecule has 1 N–H and O–H groups in total. The second kappa shape index (κ2) is 6.48. The fourth-order valence-electron chi connectivity index (χ4n) is 2.70. The molecule has 0 atom stereocenters. The zero-order chi connectivity index (χ0) is 15.4. The monoisotopic (exact) mass is 291 g/mol. The van der Waals surface area contributed by atoms with Gasteiger partial charge in [-0.1, -0.05) is 18.2 Å². The number of aromatic nitrogens is 1. The van der Waals surface area contributed by atoms with E-state index in [9.17, 15) is 0 Å². The van der Waals surface area contributed by atoms with Gasteiger partial charge in [0.2, 0.25) is 0 Å². The number of benzene rings is 2. The number of rotatable bonds is 5. The second-order valence-electron chi connectivity index (χ2n) is 5.23. The van der Waals surface area contributed by atoms with Gasteiger partial charge in [0.25, 0.3) is 0 Å². The summed E-state index contributed by atoms with van der Waals surface area (Å²) >= 11 is 0. The van der Waals surface area contributed by atoms with Crippen molar-refractivity contribution in [2.24, 2.45) is 0 Å². The summed E-state index contributed by atoms with van der Waals surface area (Å²) in [6.07, 6.45) is 1.89. The van der Waals surface area contributed by atoms with E-state index in [1.54, 1.807) is 0 Å². The van der Waals surface area contributed by atoms with E-state index >= 15 is 0 Å². The summed E-state index contributed by atoms with van der Waals surface area (Å²) in [6.45, 7) is 6.25. The lowest BCUT2D eigenvalue weighted by atomic mass is 10.1. The first-order valence-electron chi connectivity index (χ1n) is 7.77. The molecule has 3 rings (SSSR count). The molecule has 112 valence electrons. The molecule has 2 aromatic carbocycles. The van der Waals surface area contributed by atoms with Crippen LogP contribution in [0.2, 0.25) is 0 Å². The topological polar surface area (TPSA) is 28.2 Å². The summed E-state index contributed by atoms with van der Waals surface area (Å²) < 4.78 is 0. The molecule has 0 bridgehead atoms. The molecule has 0 saturated carbocycles. The van der Waals surface area contributed by atoms with E-state index in [2.05, 4.69) is 65.4 Å². The van der Waals surface area contributed by atoms with Gasteiger partial charge in [-0.3, -0.25) is 0 Å². The molecule has 3 heteroatoms. The van der Waals surface area contributed by atoms with Crippen molar-refractivity contribution in [2.45, 2.75) is 13.8 Å². The van der Waals surface area contributed by atoms with Gasteiger partial charge in [-0.25, -0.2) is 4.98 Å². The predicted molar refractivity (Wildman–Crippen MR) is 95.0 cm³/mol. The zero-order valence-electron chi connectivity index (χ0n) is 13.1. The highest BCUT2D eigenvalue weighted by molar-refractivity contribution is 5.94. The molecule has 1 heterocycles. The van der Waals surface area contributed by atoms with Crippen LogP contribution in [0.4, 0.5) is 17.2 Å². The maximum Gasteiger partial charge on any atom is 0.136 e. The van der Waals surface area contributed by atoms with E-state index < -0.39 is 0 Å². The molecule has 0 unspecified atom stereocenters. The molecule has 1 aromatic heterocycles. The third-order valence-corrected chi connectivity index (χ3v) is 3.87. The molecule has 0 fully saturated rings. The van der Waals surface area contributed by atoms with Gasteiger partial charge in [0, 0.05) is 36.0 Å². The SMILES string of the molecule is CCN(CC)c1nccc2cc(Nc3ccccc3)ccc12. The Balaban J connectivity index is 1.97. The number of fused-ring (bicyclic) bond motifs is 1. The molecule has 22 heavy (non-hydrogen) atoms. The van der Waals surface area contributed by atoms with E-state index in [-0.39, 0.29) is 0 Å². The molecule has 0 radical (unpaired) electrons. The summed E-state index contributed by atoms with van der Waals surface area (Å²) in [5, 5.41) is 5.84. The van der Waals surface area contributed by atoms with Gasteiger partial charge in [-0.15, -0.1) is 0 Å². The lowest BCUT2D eigenvalue weighted by Crippen LogP contribution is -2.23. The van der Waals surface area contributed by atoms with Crippen LogP contribution in [0.3, 0.4) is 0 Å². The van der Waals surface area contributed by atoms with Gasteiger partial charge in [0.05, 0.1) is 0 Å². The predicted octanol–water partition coefficient (Wildman–Crippen LogP) is 4.82. The average molecular weight is 291 g/mol. The third-order valence-electron chi connectivity index (χ3n) is 3.87. The van der Waals surface area contributed by atoms with Crippen molar-refractivity contribution in [1.82, 2.24) is 4.98 Å². The quantitative estimate of drug-likeness (QED) is 0.730. The lowest BCUT2D eigenvalue weighted by molar-refractivity contribution is 0.852. The van der Waals surface area contributed by atoms with Crippen molar-refractivity contribution in [3.05, 3.63) is 60.8 Å². The first-order chi connectivity index (χ1) is 10.8. The average Bonchev–Trinajstić information content (AvgIpc) is 2.57. The van der Waals surface area contributed by atoms with Crippen LogP contribution in [0.5, 0.6) is 0 Å². The summed E-state index contributed by atoms with van der Waals surface area (Å²) in [5.74, 6) is 1.06. The lowest BCUT2D eigenvalue weighted by Gasteiger charge is -2.21. The van der Waals surface area contributed by atoms with Crippen LogP contribution in [0, 0.1) is 0 Å². The van der Waals surface area contributed by atoms with Crippen LogP contribution >= 0.6 is 0 Å². The van der Waals surface area contributed by atoms with Crippen molar-refractivity contribution in [2.75, 3.05) is 23.3 Å². The molecule has 0 spiro atoms. The van der Waals surface area contributed by atoms with E-state index in [1.165, 1.54) is 10.8 Å². The molecule has 3 nitrogen and oxygen atoms in total. The molecule has 0 aliphatic heterocycles. The molecule has 3 aromatic rings. The van der Waals surface area contributed by atoms with Gasteiger partial charge in [-0.05, 0) is 55.6 Å². The normalized spacial score (nSPS) is 10.6. The van der Waals surface area contributed by atoms with Crippen molar-refractivity contribution >= 4 is 28.0 Å². The minimum Gasteiger partial charge on any atom is -0.357 e. The Morgan fingerprint density at radius 2 is 1.68 bits per heavy atom. The molecule has 0 aliphatic carbocycles. The molecule has 0 amide bonds. The van der Waals surface area contributed by atoms with Gasteiger partial charge in [0.15, 0.2) is 0 Å². The highest BCUT2D eigenvalue weighted by Crippen LogP contribution is 2.28. The van der Waals surface area contributed by atoms with Crippen molar-refractivity contribution in [3.8, 4) is 0 Å². The van der Waals surface area contributed by atoms with Gasteiger partial charge >= 0.3 is 0 Å². The Bertz CT molecular complexity index is 749. The third kappa shape index (κ3) is 2.89. The largest absolute Gasteiger partial charge is 0.357 e. The van der Waals surface area contributed by atoms with Crippen molar-refractivity contribution in [1.29, 1.82) is 0 Å². The fraction of sp³-hybridized carbons (Fsp3) is 0.211. The maximum atomic E-state index is 4.57. The van der Waals surface area contributed by atoms with Gasteiger partial charge in [-0.2, -0.15) is 0 Å². The summed E-state index contributed by atoms with van der Waals surface area (Å²) in [6, 6.07) is 18.7. The van der Waals surface area contributed by atoms with E-state index in [1.807, 2.05) is 24.4 Å². The maximum absolute atomic E-state index is 4.57. The number of para-hydroxylation sites is 1. The van der Waals surface area contributed by atoms with Crippen LogP contribution in [-0.2, 0) is 0 Å². The van der Waals surface area contributed by atoms with Crippen LogP contribution in [0.15, 0.2) is 60.8 Å². The van der Waals surface area contributed by atoms with E-state index in [0.29, 0.717) is 0 Å². The van der Waals surface area contributed by atoms with Gasteiger partial charge < -0.3 is 10.2 Å². The first-order valence-corrected chi connectivity index (χ1v) is 7.77. The molecular formula is C19H21N3. The number of hydrogen-bond acceptors (Lipinski definition) is 3. The first kappa shape index (κ1) is 14.4. The van der Waals surface area contributed by atoms with E-state index in [0.717, 1.165) is 30.3 Å². The molecule has 0 aliphatic rings. The standard InChI is InChI=1S/C19H21N3/c1-3-22(4-2)19-18-11-10-17(14-15(18)12-13-20-19)21-16-8-6-5-7-9-16/h5-14,21H,3-4H2,1-2H3.